The van der Waals surface area contributed by atoms with Crippen LogP contribution in [0.1, 0.15) is 36.3 Å². The second-order valence-electron chi connectivity index (χ2n) is 7.48. The van der Waals surface area contributed by atoms with Crippen molar-refractivity contribution in [1.82, 2.24) is 24.2 Å². The summed E-state index contributed by atoms with van der Waals surface area (Å²) in [6.07, 6.45) is 10.3. The molecule has 0 N–H and O–H groups in total. The molecule has 2 aromatic heterocycles. The van der Waals surface area contributed by atoms with Gasteiger partial charge in [0.15, 0.2) is 0 Å². The third-order valence-corrected chi connectivity index (χ3v) is 5.73. The van der Waals surface area contributed by atoms with E-state index < -0.39 is 0 Å². The van der Waals surface area contributed by atoms with Crippen LogP contribution in [0.3, 0.4) is 0 Å². The lowest BCUT2D eigenvalue weighted by Gasteiger charge is -2.31. The smallest absolute Gasteiger partial charge is 0.267 e. The molecule has 3 heterocycles. The van der Waals surface area contributed by atoms with Gasteiger partial charge in [-0.25, -0.2) is 9.67 Å². The SMILES string of the molecule is Cn1ccnc1CCN1CCC(Cn2nc3c(cc2=O)CCC3)CC1. The number of aromatic nitrogens is 4. The van der Waals surface area contributed by atoms with Gasteiger partial charge in [0.2, 0.25) is 0 Å². The van der Waals surface area contributed by atoms with E-state index in [1.54, 1.807) is 4.68 Å². The first-order valence-electron chi connectivity index (χ1n) is 9.47. The Morgan fingerprint density at radius 3 is 2.84 bits per heavy atom. The van der Waals surface area contributed by atoms with Gasteiger partial charge in [0.05, 0.1) is 5.69 Å². The number of fused-ring (bicyclic) bond motifs is 1. The van der Waals surface area contributed by atoms with E-state index in [-0.39, 0.29) is 5.56 Å². The Balaban J connectivity index is 1.29. The molecular weight excluding hydrogens is 314 g/mol. The van der Waals surface area contributed by atoms with Crippen LogP contribution in [0.25, 0.3) is 0 Å². The van der Waals surface area contributed by atoms with Crippen molar-refractivity contribution in [1.29, 1.82) is 0 Å². The Morgan fingerprint density at radius 1 is 1.24 bits per heavy atom. The number of hydrogen-bond acceptors (Lipinski definition) is 4. The van der Waals surface area contributed by atoms with Crippen LogP contribution in [-0.4, -0.2) is 43.9 Å². The second-order valence-corrected chi connectivity index (χ2v) is 7.48. The lowest BCUT2D eigenvalue weighted by atomic mass is 9.96. The molecule has 134 valence electrons. The van der Waals surface area contributed by atoms with Crippen molar-refractivity contribution in [3.05, 3.63) is 45.9 Å². The molecule has 25 heavy (non-hydrogen) atoms. The topological polar surface area (TPSA) is 56.0 Å². The highest BCUT2D eigenvalue weighted by atomic mass is 16.1. The summed E-state index contributed by atoms with van der Waals surface area (Å²) < 4.78 is 3.82. The number of imidazole rings is 1. The molecule has 0 unspecified atom stereocenters. The largest absolute Gasteiger partial charge is 0.338 e. The molecule has 0 aromatic carbocycles. The third-order valence-electron chi connectivity index (χ3n) is 5.73. The van der Waals surface area contributed by atoms with Crippen molar-refractivity contribution >= 4 is 0 Å². The monoisotopic (exact) mass is 341 g/mol. The maximum atomic E-state index is 12.3. The van der Waals surface area contributed by atoms with E-state index in [2.05, 4.69) is 26.6 Å². The summed E-state index contributed by atoms with van der Waals surface area (Å²) in [4.78, 5) is 19.2. The summed E-state index contributed by atoms with van der Waals surface area (Å²) in [6, 6.07) is 1.82. The summed E-state index contributed by atoms with van der Waals surface area (Å²) in [5.41, 5.74) is 2.40. The fourth-order valence-electron chi connectivity index (χ4n) is 4.10. The quantitative estimate of drug-likeness (QED) is 0.825. The molecule has 1 fully saturated rings. The molecule has 0 saturated carbocycles. The van der Waals surface area contributed by atoms with Gasteiger partial charge in [-0.2, -0.15) is 5.10 Å². The zero-order valence-electron chi connectivity index (χ0n) is 15.0. The van der Waals surface area contributed by atoms with Crippen molar-refractivity contribution in [3.63, 3.8) is 0 Å². The Bertz CT molecular complexity index is 785. The van der Waals surface area contributed by atoms with Crippen molar-refractivity contribution in [3.8, 4) is 0 Å². The van der Waals surface area contributed by atoms with Crippen LogP contribution in [-0.2, 0) is 32.9 Å². The van der Waals surface area contributed by atoms with E-state index in [0.29, 0.717) is 5.92 Å². The van der Waals surface area contributed by atoms with Gasteiger partial charge in [0.25, 0.3) is 5.56 Å². The third kappa shape index (κ3) is 3.68. The average Bonchev–Trinajstić information content (AvgIpc) is 3.23. The van der Waals surface area contributed by atoms with Crippen molar-refractivity contribution in [2.75, 3.05) is 19.6 Å². The van der Waals surface area contributed by atoms with Crippen molar-refractivity contribution in [2.24, 2.45) is 13.0 Å². The van der Waals surface area contributed by atoms with E-state index in [0.717, 1.165) is 76.2 Å². The summed E-state index contributed by atoms with van der Waals surface area (Å²) in [7, 11) is 2.05. The number of piperidine rings is 1. The van der Waals surface area contributed by atoms with Crippen LogP contribution in [0.5, 0.6) is 0 Å². The molecular formula is C19H27N5O. The maximum absolute atomic E-state index is 12.3. The number of nitrogens with zero attached hydrogens (tertiary/aromatic N) is 5. The Labute approximate surface area is 148 Å². The highest BCUT2D eigenvalue weighted by Crippen LogP contribution is 2.20. The molecule has 6 nitrogen and oxygen atoms in total. The number of hydrogen-bond donors (Lipinski definition) is 0. The Hall–Kier alpha value is -1.95. The first-order chi connectivity index (χ1) is 12.2. The molecule has 0 radical (unpaired) electrons. The first-order valence-corrected chi connectivity index (χ1v) is 9.47. The van der Waals surface area contributed by atoms with E-state index >= 15 is 0 Å². The lowest BCUT2D eigenvalue weighted by Crippen LogP contribution is -2.38. The van der Waals surface area contributed by atoms with E-state index in [4.69, 9.17) is 0 Å². The van der Waals surface area contributed by atoms with Gasteiger partial charge >= 0.3 is 0 Å². The minimum absolute atomic E-state index is 0.0814. The number of aryl methyl sites for hydroxylation is 3. The fraction of sp³-hybridized carbons (Fsp3) is 0.632. The standard InChI is InChI=1S/C19H27N5O/c1-22-12-8-20-18(22)7-11-23-9-5-15(6-10-23)14-24-19(25)13-16-3-2-4-17(16)21-24/h8,12-13,15H,2-7,9-11,14H2,1H3. The normalized spacial score (nSPS) is 18.6. The van der Waals surface area contributed by atoms with Crippen LogP contribution in [0.2, 0.25) is 0 Å². The zero-order valence-corrected chi connectivity index (χ0v) is 15.0. The van der Waals surface area contributed by atoms with Gasteiger partial charge in [0.1, 0.15) is 5.82 Å². The fourth-order valence-corrected chi connectivity index (χ4v) is 4.10. The highest BCUT2D eigenvalue weighted by molar-refractivity contribution is 5.22. The predicted octanol–water partition coefficient (Wildman–Crippen LogP) is 1.42. The molecule has 0 atom stereocenters. The number of likely N-dealkylation sites (tertiary alicyclic amines) is 1. The molecule has 4 rings (SSSR count). The van der Waals surface area contributed by atoms with Gasteiger partial charge in [-0.3, -0.25) is 4.79 Å². The minimum Gasteiger partial charge on any atom is -0.338 e. The Morgan fingerprint density at radius 2 is 2.08 bits per heavy atom. The van der Waals surface area contributed by atoms with E-state index in [1.807, 2.05) is 18.5 Å². The molecule has 2 aromatic rings. The Kier molecular flexibility index (Phi) is 4.70. The van der Waals surface area contributed by atoms with Gasteiger partial charge in [-0.1, -0.05) is 0 Å². The van der Waals surface area contributed by atoms with Gasteiger partial charge in [-0.05, 0) is 56.7 Å². The van der Waals surface area contributed by atoms with Gasteiger partial charge < -0.3 is 9.47 Å². The maximum Gasteiger partial charge on any atom is 0.267 e. The molecule has 6 heteroatoms. The summed E-state index contributed by atoms with van der Waals surface area (Å²) in [6.45, 7) is 4.05. The average molecular weight is 341 g/mol. The summed E-state index contributed by atoms with van der Waals surface area (Å²) in [5.74, 6) is 1.71. The molecule has 0 spiro atoms. The molecule has 1 aliphatic carbocycles. The minimum atomic E-state index is 0.0814. The molecule has 2 aliphatic rings. The summed E-state index contributed by atoms with van der Waals surface area (Å²) in [5, 5.41) is 4.63. The molecule has 0 amide bonds. The van der Waals surface area contributed by atoms with Crippen LogP contribution < -0.4 is 5.56 Å². The van der Waals surface area contributed by atoms with E-state index in [9.17, 15) is 4.79 Å². The molecule has 0 bridgehead atoms. The second kappa shape index (κ2) is 7.12. The van der Waals surface area contributed by atoms with Crippen LogP contribution in [0, 0.1) is 5.92 Å². The van der Waals surface area contributed by atoms with Gasteiger partial charge in [-0.15, -0.1) is 0 Å². The van der Waals surface area contributed by atoms with Gasteiger partial charge in [0, 0.05) is 45.0 Å². The van der Waals surface area contributed by atoms with Crippen LogP contribution in [0.4, 0.5) is 0 Å². The first kappa shape index (κ1) is 16.5. The predicted molar refractivity (Wildman–Crippen MR) is 96.6 cm³/mol. The molecule has 1 aliphatic heterocycles. The van der Waals surface area contributed by atoms with Crippen molar-refractivity contribution < 1.29 is 0 Å². The van der Waals surface area contributed by atoms with E-state index in [1.165, 1.54) is 5.56 Å². The zero-order chi connectivity index (χ0) is 17.2. The number of rotatable bonds is 5. The summed E-state index contributed by atoms with van der Waals surface area (Å²) >= 11 is 0. The van der Waals surface area contributed by atoms with Crippen LogP contribution in [0.15, 0.2) is 23.3 Å². The van der Waals surface area contributed by atoms with Crippen molar-refractivity contribution in [2.45, 2.75) is 45.1 Å². The molecule has 1 saturated heterocycles. The highest BCUT2D eigenvalue weighted by Gasteiger charge is 2.22. The lowest BCUT2D eigenvalue weighted by molar-refractivity contribution is 0.170. The van der Waals surface area contributed by atoms with Crippen LogP contribution >= 0.6 is 0 Å².